The van der Waals surface area contributed by atoms with Crippen LogP contribution >= 0.6 is 35.0 Å². The molecule has 4 rings (SSSR count). The van der Waals surface area contributed by atoms with Crippen molar-refractivity contribution in [1.29, 1.82) is 0 Å². The minimum Gasteiger partial charge on any atom is -0.478 e. The number of anilines is 2. The molecule has 3 amide bonds. The van der Waals surface area contributed by atoms with E-state index in [-0.39, 0.29) is 22.0 Å². The summed E-state index contributed by atoms with van der Waals surface area (Å²) in [6.45, 7) is 1.68. The van der Waals surface area contributed by atoms with Crippen LogP contribution < -0.4 is 16.0 Å². The van der Waals surface area contributed by atoms with E-state index >= 15 is 0 Å². The fraction of sp³-hybridized carbons (Fsp3) is 0.0625. The first kappa shape index (κ1) is 31.4. The first-order valence-electron chi connectivity index (χ1n) is 12.8. The van der Waals surface area contributed by atoms with Crippen molar-refractivity contribution in [2.75, 3.05) is 10.6 Å². The number of benzene rings is 4. The highest BCUT2D eigenvalue weighted by molar-refractivity contribution is 8.00. The number of hydrogen-bond acceptors (Lipinski definition) is 5. The first-order valence-corrected chi connectivity index (χ1v) is 14.5. The summed E-state index contributed by atoms with van der Waals surface area (Å²) in [5.74, 6) is -2.58. The number of halogens is 2. The van der Waals surface area contributed by atoms with Crippen LogP contribution in [0.2, 0.25) is 10.0 Å². The van der Waals surface area contributed by atoms with Gasteiger partial charge in [-0.3, -0.25) is 14.4 Å². The Morgan fingerprint density at radius 1 is 0.791 bits per heavy atom. The molecule has 1 unspecified atom stereocenters. The normalized spacial score (nSPS) is 11.7. The summed E-state index contributed by atoms with van der Waals surface area (Å²) < 4.78 is 0. The minimum atomic E-state index is -1.14. The zero-order valence-corrected chi connectivity index (χ0v) is 25.0. The molecule has 0 aromatic heterocycles. The van der Waals surface area contributed by atoms with E-state index in [1.807, 2.05) is 0 Å². The van der Waals surface area contributed by atoms with E-state index in [1.54, 1.807) is 85.8 Å². The number of rotatable bonds is 10. The number of carbonyl (C=O) groups excluding carboxylic acids is 3. The van der Waals surface area contributed by atoms with Gasteiger partial charge in [-0.1, -0.05) is 65.7 Å². The Hall–Kier alpha value is -4.57. The summed E-state index contributed by atoms with van der Waals surface area (Å²) in [7, 11) is 0. The first-order chi connectivity index (χ1) is 20.6. The Morgan fingerprint density at radius 3 is 2.23 bits per heavy atom. The van der Waals surface area contributed by atoms with Crippen molar-refractivity contribution in [2.24, 2.45) is 0 Å². The SMILES string of the molecule is CC(Sc1cccc(NC(=O)/C(=C\c2ccccc2Cl)NC(=O)c2ccccc2)c1)C(=O)Nc1cc(C(=O)O)ccc1Cl. The van der Waals surface area contributed by atoms with Crippen LogP contribution in [0.1, 0.15) is 33.2 Å². The summed E-state index contributed by atoms with van der Waals surface area (Å²) in [6, 6.07) is 26.3. The van der Waals surface area contributed by atoms with E-state index in [1.165, 1.54) is 36.0 Å². The Morgan fingerprint density at radius 2 is 1.51 bits per heavy atom. The largest absolute Gasteiger partial charge is 0.478 e. The summed E-state index contributed by atoms with van der Waals surface area (Å²) in [4.78, 5) is 51.1. The van der Waals surface area contributed by atoms with Crippen molar-refractivity contribution in [2.45, 2.75) is 17.1 Å². The number of hydrogen-bond donors (Lipinski definition) is 4. The summed E-state index contributed by atoms with van der Waals surface area (Å²) in [5.41, 5.74) is 1.51. The average Bonchev–Trinajstić information content (AvgIpc) is 2.99. The van der Waals surface area contributed by atoms with Crippen LogP contribution in [0.4, 0.5) is 11.4 Å². The maximum Gasteiger partial charge on any atom is 0.335 e. The number of aromatic carboxylic acids is 1. The zero-order chi connectivity index (χ0) is 30.9. The molecule has 0 fully saturated rings. The molecule has 8 nitrogen and oxygen atoms in total. The van der Waals surface area contributed by atoms with Gasteiger partial charge < -0.3 is 21.1 Å². The van der Waals surface area contributed by atoms with Crippen molar-refractivity contribution in [1.82, 2.24) is 5.32 Å². The highest BCUT2D eigenvalue weighted by atomic mass is 35.5. The molecule has 0 radical (unpaired) electrons. The maximum atomic E-state index is 13.4. The Kier molecular flexibility index (Phi) is 10.6. The molecule has 4 aromatic rings. The van der Waals surface area contributed by atoms with Gasteiger partial charge in [0.05, 0.1) is 21.5 Å². The summed E-state index contributed by atoms with van der Waals surface area (Å²) in [5, 5.41) is 17.4. The number of carboxylic acids is 1. The second-order valence-corrected chi connectivity index (χ2v) is 11.4. The third kappa shape index (κ3) is 8.71. The van der Waals surface area contributed by atoms with Crippen LogP contribution in [0.5, 0.6) is 0 Å². The van der Waals surface area contributed by atoms with Crippen LogP contribution in [0.3, 0.4) is 0 Å². The third-order valence-corrected chi connectivity index (χ3v) is 7.75. The molecule has 0 aliphatic heterocycles. The average molecular weight is 635 g/mol. The molecule has 0 spiro atoms. The smallest absolute Gasteiger partial charge is 0.335 e. The van der Waals surface area contributed by atoms with Crippen molar-refractivity contribution in [3.8, 4) is 0 Å². The van der Waals surface area contributed by atoms with E-state index in [0.717, 1.165) is 0 Å². The number of nitrogens with one attached hydrogen (secondary N) is 3. The Bertz CT molecular complexity index is 1710. The van der Waals surface area contributed by atoms with Gasteiger partial charge in [-0.15, -0.1) is 11.8 Å². The quantitative estimate of drug-likeness (QED) is 0.108. The summed E-state index contributed by atoms with van der Waals surface area (Å²) >= 11 is 13.7. The van der Waals surface area contributed by atoms with Gasteiger partial charge in [0.1, 0.15) is 5.70 Å². The molecular formula is C32H25Cl2N3O5S. The van der Waals surface area contributed by atoms with E-state index in [0.29, 0.717) is 26.7 Å². The molecule has 4 N–H and O–H groups in total. The van der Waals surface area contributed by atoms with Gasteiger partial charge >= 0.3 is 5.97 Å². The van der Waals surface area contributed by atoms with Crippen LogP contribution in [-0.4, -0.2) is 34.0 Å². The minimum absolute atomic E-state index is 0.00800. The van der Waals surface area contributed by atoms with Gasteiger partial charge in [0, 0.05) is 21.2 Å². The van der Waals surface area contributed by atoms with E-state index in [9.17, 15) is 24.3 Å². The predicted molar refractivity (Wildman–Crippen MR) is 171 cm³/mol. The molecule has 0 saturated heterocycles. The Balaban J connectivity index is 1.49. The van der Waals surface area contributed by atoms with Crippen LogP contribution in [0, 0.1) is 0 Å². The van der Waals surface area contributed by atoms with Crippen molar-refractivity contribution in [3.05, 3.63) is 129 Å². The molecule has 43 heavy (non-hydrogen) atoms. The highest BCUT2D eigenvalue weighted by Crippen LogP contribution is 2.29. The number of carbonyl (C=O) groups is 4. The van der Waals surface area contributed by atoms with Gasteiger partial charge in [0.2, 0.25) is 5.91 Å². The van der Waals surface area contributed by atoms with Gasteiger partial charge in [0.25, 0.3) is 11.8 Å². The second-order valence-electron chi connectivity index (χ2n) is 9.13. The van der Waals surface area contributed by atoms with E-state index < -0.39 is 28.9 Å². The standard InChI is InChI=1S/C32H25Cl2N3O5S/c1-19(29(38)36-27-17-22(32(41)42)14-15-26(27)34)43-24-12-7-11-23(18-24)35-31(40)28(16-21-10-5-6-13-25(21)33)37-30(39)20-8-3-2-4-9-20/h2-19H,1H3,(H,35,40)(H,36,38)(H,37,39)(H,41,42)/b28-16+. The molecule has 0 bridgehead atoms. The van der Waals surface area contributed by atoms with Gasteiger partial charge in [-0.25, -0.2) is 4.79 Å². The highest BCUT2D eigenvalue weighted by Gasteiger charge is 2.19. The van der Waals surface area contributed by atoms with Crippen molar-refractivity contribution < 1.29 is 24.3 Å². The number of carboxylic acid groups (broad SMARTS) is 1. The number of thioether (sulfide) groups is 1. The van der Waals surface area contributed by atoms with Gasteiger partial charge in [-0.2, -0.15) is 0 Å². The molecule has 0 heterocycles. The lowest BCUT2D eigenvalue weighted by Gasteiger charge is -2.15. The fourth-order valence-electron chi connectivity index (χ4n) is 3.78. The zero-order valence-electron chi connectivity index (χ0n) is 22.6. The van der Waals surface area contributed by atoms with Crippen molar-refractivity contribution in [3.63, 3.8) is 0 Å². The summed E-state index contributed by atoms with van der Waals surface area (Å²) in [6.07, 6.45) is 1.49. The maximum absolute atomic E-state index is 13.4. The molecule has 4 aromatic carbocycles. The topological polar surface area (TPSA) is 125 Å². The molecule has 0 aliphatic carbocycles. The van der Waals surface area contributed by atoms with Crippen LogP contribution in [0.15, 0.2) is 108 Å². The third-order valence-electron chi connectivity index (χ3n) is 5.98. The monoisotopic (exact) mass is 633 g/mol. The molecule has 218 valence electrons. The van der Waals surface area contributed by atoms with E-state index in [2.05, 4.69) is 16.0 Å². The van der Waals surface area contributed by atoms with Crippen molar-refractivity contribution >= 4 is 76.1 Å². The lowest BCUT2D eigenvalue weighted by molar-refractivity contribution is -0.115. The molecule has 0 aliphatic rings. The fourth-order valence-corrected chi connectivity index (χ4v) is 5.06. The Labute approximate surface area is 262 Å². The lowest BCUT2D eigenvalue weighted by atomic mass is 10.1. The van der Waals surface area contributed by atoms with E-state index in [4.69, 9.17) is 23.2 Å². The van der Waals surface area contributed by atoms with Gasteiger partial charge in [0.15, 0.2) is 0 Å². The van der Waals surface area contributed by atoms with Crippen LogP contribution in [-0.2, 0) is 9.59 Å². The molecular weight excluding hydrogens is 609 g/mol. The lowest BCUT2D eigenvalue weighted by Crippen LogP contribution is -2.30. The molecule has 1 atom stereocenters. The molecule has 0 saturated carbocycles. The number of amides is 3. The molecule has 11 heteroatoms. The second kappa shape index (κ2) is 14.6. The van der Waals surface area contributed by atoms with Gasteiger partial charge in [-0.05, 0) is 73.2 Å². The van der Waals surface area contributed by atoms with Crippen LogP contribution in [0.25, 0.3) is 6.08 Å². The predicted octanol–water partition coefficient (Wildman–Crippen LogP) is 7.22.